The van der Waals surface area contributed by atoms with Crippen molar-refractivity contribution in [1.82, 2.24) is 20.2 Å². The maximum atomic E-state index is 5.67. The van der Waals surface area contributed by atoms with Crippen LogP contribution < -0.4 is 0 Å². The molecule has 78 valence electrons. The third kappa shape index (κ3) is 2.67. The number of aromatic nitrogens is 4. The molecule has 2 heterocycles. The van der Waals surface area contributed by atoms with Gasteiger partial charge in [0.25, 0.3) is 5.22 Å². The molecule has 0 aliphatic heterocycles. The normalized spacial score (nSPS) is 10.6. The highest BCUT2D eigenvalue weighted by Gasteiger charge is 2.10. The summed E-state index contributed by atoms with van der Waals surface area (Å²) in [6.45, 7) is 1.72. The largest absolute Gasteiger partial charge is 0.416 e. The molecule has 0 N–H and O–H groups in total. The van der Waals surface area contributed by atoms with Crippen LogP contribution in [0.3, 0.4) is 0 Å². The number of halogens is 2. The van der Waals surface area contributed by atoms with Crippen molar-refractivity contribution in [3.05, 3.63) is 21.8 Å². The zero-order valence-electron chi connectivity index (χ0n) is 7.44. The Bertz CT molecular complexity index is 492. The molecule has 0 spiro atoms. The first-order chi connectivity index (χ1) is 7.15. The summed E-state index contributed by atoms with van der Waals surface area (Å²) in [6.07, 6.45) is 1.57. The van der Waals surface area contributed by atoms with Crippen LogP contribution in [0.15, 0.2) is 25.3 Å². The minimum absolute atomic E-state index is 0.178. The van der Waals surface area contributed by atoms with E-state index in [4.69, 9.17) is 16.0 Å². The van der Waals surface area contributed by atoms with Crippen LogP contribution in [0.4, 0.5) is 0 Å². The van der Waals surface area contributed by atoms with Gasteiger partial charge in [-0.3, -0.25) is 0 Å². The van der Waals surface area contributed by atoms with Crippen LogP contribution in [0, 0.1) is 6.92 Å². The molecule has 0 saturated carbocycles. The maximum Gasteiger partial charge on any atom is 0.282 e. The third-order valence-electron chi connectivity index (χ3n) is 1.37. The fraction of sp³-hybridized carbons (Fsp3) is 0.143. The van der Waals surface area contributed by atoms with E-state index in [9.17, 15) is 0 Å². The molecule has 0 unspecified atom stereocenters. The second-order valence-electron chi connectivity index (χ2n) is 2.48. The molecule has 2 aromatic heterocycles. The number of hydrogen-bond acceptors (Lipinski definition) is 6. The predicted molar refractivity (Wildman–Crippen MR) is 57.9 cm³/mol. The van der Waals surface area contributed by atoms with Gasteiger partial charge in [-0.25, -0.2) is 9.97 Å². The summed E-state index contributed by atoms with van der Waals surface area (Å²) in [5, 5.41) is 8.77. The Labute approximate surface area is 103 Å². The zero-order chi connectivity index (χ0) is 10.8. The lowest BCUT2D eigenvalue weighted by Crippen LogP contribution is -1.86. The van der Waals surface area contributed by atoms with Crippen molar-refractivity contribution < 1.29 is 4.42 Å². The van der Waals surface area contributed by atoms with Gasteiger partial charge in [-0.05, 0) is 39.3 Å². The van der Waals surface area contributed by atoms with Crippen molar-refractivity contribution in [2.24, 2.45) is 0 Å². The lowest BCUT2D eigenvalue weighted by Gasteiger charge is -1.98. The van der Waals surface area contributed by atoms with E-state index >= 15 is 0 Å². The summed E-state index contributed by atoms with van der Waals surface area (Å²) >= 11 is 10.2. The lowest BCUT2D eigenvalue weighted by atomic mass is 10.7. The number of aryl methyl sites for hydroxylation is 1. The Balaban J connectivity index is 2.27. The van der Waals surface area contributed by atoms with E-state index in [1.807, 2.05) is 0 Å². The molecule has 5 nitrogen and oxygen atoms in total. The molecule has 0 aliphatic carbocycles. The van der Waals surface area contributed by atoms with Crippen molar-refractivity contribution in [3.8, 4) is 0 Å². The summed E-state index contributed by atoms with van der Waals surface area (Å²) in [6, 6.07) is 0. The van der Waals surface area contributed by atoms with Crippen LogP contribution in [-0.2, 0) is 0 Å². The molecule has 8 heteroatoms. The van der Waals surface area contributed by atoms with Gasteiger partial charge in [0.15, 0.2) is 0 Å². The van der Waals surface area contributed by atoms with Gasteiger partial charge in [-0.2, -0.15) is 0 Å². The fourth-order valence-corrected chi connectivity index (χ4v) is 2.11. The topological polar surface area (TPSA) is 64.7 Å². The zero-order valence-corrected chi connectivity index (χ0v) is 10.6. The Morgan fingerprint density at radius 2 is 2.27 bits per heavy atom. The van der Waals surface area contributed by atoms with Gasteiger partial charge in [0.1, 0.15) is 5.03 Å². The van der Waals surface area contributed by atoms with Crippen LogP contribution >= 0.6 is 39.3 Å². The first-order valence-corrected chi connectivity index (χ1v) is 5.80. The van der Waals surface area contributed by atoms with Gasteiger partial charge in [0, 0.05) is 13.1 Å². The lowest BCUT2D eigenvalue weighted by molar-refractivity contribution is 0.429. The molecular weight excluding hydrogens is 304 g/mol. The second-order valence-corrected chi connectivity index (χ2v) is 4.61. The van der Waals surface area contributed by atoms with Gasteiger partial charge in [-0.15, -0.1) is 10.2 Å². The number of nitrogens with zero attached hydrogens (tertiary/aromatic N) is 4. The molecule has 0 amide bonds. The molecule has 0 aliphatic rings. The number of hydrogen-bond donors (Lipinski definition) is 0. The Hall–Kier alpha value is -0.660. The summed E-state index contributed by atoms with van der Waals surface area (Å²) in [7, 11) is 0. The maximum absolute atomic E-state index is 5.67. The fourth-order valence-electron chi connectivity index (χ4n) is 0.805. The van der Waals surface area contributed by atoms with Crippen LogP contribution in [0.1, 0.15) is 5.89 Å². The highest BCUT2D eigenvalue weighted by molar-refractivity contribution is 9.10. The van der Waals surface area contributed by atoms with E-state index in [1.165, 1.54) is 11.8 Å². The monoisotopic (exact) mass is 306 g/mol. The minimum atomic E-state index is 0.178. The summed E-state index contributed by atoms with van der Waals surface area (Å²) in [5.74, 6) is 0.508. The smallest absolute Gasteiger partial charge is 0.282 e. The van der Waals surface area contributed by atoms with Crippen molar-refractivity contribution in [3.63, 3.8) is 0 Å². The summed E-state index contributed by atoms with van der Waals surface area (Å²) in [4.78, 5) is 7.83. The molecule has 0 fully saturated rings. The van der Waals surface area contributed by atoms with E-state index in [0.29, 0.717) is 16.1 Å². The molecule has 15 heavy (non-hydrogen) atoms. The van der Waals surface area contributed by atoms with Gasteiger partial charge >= 0.3 is 0 Å². The van der Waals surface area contributed by atoms with Crippen LogP contribution in [0.2, 0.25) is 5.28 Å². The average molecular weight is 308 g/mol. The van der Waals surface area contributed by atoms with Crippen molar-refractivity contribution in [2.75, 3.05) is 0 Å². The van der Waals surface area contributed by atoms with Crippen LogP contribution in [0.25, 0.3) is 0 Å². The molecule has 0 bridgehead atoms. The highest BCUT2D eigenvalue weighted by Crippen LogP contribution is 2.30. The van der Waals surface area contributed by atoms with Crippen molar-refractivity contribution in [2.45, 2.75) is 17.2 Å². The van der Waals surface area contributed by atoms with E-state index in [0.717, 1.165) is 4.47 Å². The highest BCUT2D eigenvalue weighted by atomic mass is 79.9. The molecular formula is C7H4BrClN4OS. The van der Waals surface area contributed by atoms with E-state index in [1.54, 1.807) is 13.1 Å². The minimum Gasteiger partial charge on any atom is -0.416 e. The Morgan fingerprint density at radius 3 is 2.93 bits per heavy atom. The predicted octanol–water partition coefficient (Wildman–Crippen LogP) is 2.74. The molecule has 0 radical (unpaired) electrons. The molecule has 0 saturated heterocycles. The van der Waals surface area contributed by atoms with Crippen molar-refractivity contribution >= 4 is 39.3 Å². The standard InChI is InChI=1S/C7H4BrClN4OS/c1-3-12-13-7(14-3)15-5-4(8)2-10-6(9)11-5/h2H,1H3. The SMILES string of the molecule is Cc1nnc(Sc2nc(Cl)ncc2Br)o1. The summed E-state index contributed by atoms with van der Waals surface area (Å²) < 4.78 is 5.93. The first-order valence-electron chi connectivity index (χ1n) is 3.81. The first kappa shape index (κ1) is 10.8. The van der Waals surface area contributed by atoms with E-state index in [-0.39, 0.29) is 5.28 Å². The number of rotatable bonds is 2. The Morgan fingerprint density at radius 1 is 1.47 bits per heavy atom. The summed E-state index contributed by atoms with van der Waals surface area (Å²) in [5.41, 5.74) is 0. The van der Waals surface area contributed by atoms with Crippen LogP contribution in [-0.4, -0.2) is 20.2 Å². The molecule has 2 rings (SSSR count). The molecule has 2 aromatic rings. The average Bonchev–Trinajstić information content (AvgIpc) is 2.58. The quantitative estimate of drug-likeness (QED) is 0.628. The van der Waals surface area contributed by atoms with E-state index in [2.05, 4.69) is 36.1 Å². The second kappa shape index (κ2) is 4.46. The van der Waals surface area contributed by atoms with Crippen LogP contribution in [0.5, 0.6) is 0 Å². The van der Waals surface area contributed by atoms with Crippen molar-refractivity contribution in [1.29, 1.82) is 0 Å². The molecule has 0 atom stereocenters. The van der Waals surface area contributed by atoms with E-state index < -0.39 is 0 Å². The Kier molecular flexibility index (Phi) is 3.22. The van der Waals surface area contributed by atoms with Gasteiger partial charge < -0.3 is 4.42 Å². The van der Waals surface area contributed by atoms with Gasteiger partial charge in [0.2, 0.25) is 11.2 Å². The van der Waals surface area contributed by atoms with Gasteiger partial charge in [-0.1, -0.05) is 0 Å². The third-order valence-corrected chi connectivity index (χ3v) is 3.24. The van der Waals surface area contributed by atoms with Gasteiger partial charge in [0.05, 0.1) is 4.47 Å². The molecule has 0 aromatic carbocycles.